The topological polar surface area (TPSA) is 78.9 Å². The molecule has 22 heavy (non-hydrogen) atoms. The molecule has 0 aliphatic rings. The monoisotopic (exact) mass is 328 g/mol. The fourth-order valence-corrected chi connectivity index (χ4v) is 1.93. The molecule has 0 radical (unpaired) electrons. The first kappa shape index (κ1) is 18.3. The predicted molar refractivity (Wildman–Crippen MR) is 84.3 cm³/mol. The zero-order chi connectivity index (χ0) is 16.5. The summed E-state index contributed by atoms with van der Waals surface area (Å²) < 4.78 is 5.45. The number of hydrogen-bond donors (Lipinski definition) is 2. The van der Waals surface area contributed by atoms with Gasteiger partial charge < -0.3 is 15.2 Å². The van der Waals surface area contributed by atoms with Gasteiger partial charge in [-0.15, -0.1) is 0 Å². The van der Waals surface area contributed by atoms with Crippen molar-refractivity contribution in [1.82, 2.24) is 10.2 Å². The molecular weight excluding hydrogens is 308 g/mol. The van der Waals surface area contributed by atoms with Gasteiger partial charge in [0.2, 0.25) is 5.91 Å². The fourth-order valence-electron chi connectivity index (χ4n) is 1.75. The maximum atomic E-state index is 11.8. The van der Waals surface area contributed by atoms with Crippen LogP contribution in [0.1, 0.15) is 13.8 Å². The van der Waals surface area contributed by atoms with Gasteiger partial charge in [0, 0.05) is 11.1 Å². The Morgan fingerprint density at radius 1 is 1.36 bits per heavy atom. The molecule has 1 rings (SSSR count). The Balaban J connectivity index is 2.29. The molecule has 0 heterocycles. The summed E-state index contributed by atoms with van der Waals surface area (Å²) in [5.41, 5.74) is 0. The third-order valence-corrected chi connectivity index (χ3v) is 3.14. The molecule has 0 spiro atoms. The highest BCUT2D eigenvalue weighted by atomic mass is 35.5. The van der Waals surface area contributed by atoms with Crippen LogP contribution in [0.25, 0.3) is 0 Å². The first-order valence-corrected chi connectivity index (χ1v) is 7.37. The van der Waals surface area contributed by atoms with Gasteiger partial charge in [0.1, 0.15) is 12.4 Å². The van der Waals surface area contributed by atoms with E-state index in [1.165, 1.54) is 0 Å². The average Bonchev–Trinajstić information content (AvgIpc) is 2.42. The number of rotatable bonds is 9. The van der Waals surface area contributed by atoms with Crippen LogP contribution < -0.4 is 10.1 Å². The highest BCUT2D eigenvalue weighted by Crippen LogP contribution is 2.16. The zero-order valence-corrected chi connectivity index (χ0v) is 13.5. The zero-order valence-electron chi connectivity index (χ0n) is 12.7. The van der Waals surface area contributed by atoms with E-state index in [1.54, 1.807) is 29.2 Å². The van der Waals surface area contributed by atoms with Crippen LogP contribution in [0, 0.1) is 0 Å². The van der Waals surface area contributed by atoms with Gasteiger partial charge in [0.15, 0.2) is 0 Å². The molecule has 0 unspecified atom stereocenters. The molecule has 1 amide bonds. The maximum absolute atomic E-state index is 11.8. The van der Waals surface area contributed by atoms with E-state index < -0.39 is 5.97 Å². The molecular formula is C15H21ClN2O4. The highest BCUT2D eigenvalue weighted by Gasteiger charge is 2.16. The Kier molecular flexibility index (Phi) is 7.70. The van der Waals surface area contributed by atoms with E-state index in [4.69, 9.17) is 21.4 Å². The smallest absolute Gasteiger partial charge is 0.317 e. The molecule has 0 saturated carbocycles. The van der Waals surface area contributed by atoms with Crippen molar-refractivity contribution in [3.63, 3.8) is 0 Å². The number of carbonyl (C=O) groups is 2. The number of aliphatic carboxylic acids is 1. The Hall–Kier alpha value is -1.79. The summed E-state index contributed by atoms with van der Waals surface area (Å²) in [6.45, 7) is 4.22. The molecule has 6 nitrogen and oxygen atoms in total. The number of carbonyl (C=O) groups excluding carboxylic acids is 1. The molecule has 1 aromatic rings. The van der Waals surface area contributed by atoms with Crippen LogP contribution in [0.4, 0.5) is 0 Å². The third kappa shape index (κ3) is 7.28. The minimum Gasteiger partial charge on any atom is -0.492 e. The molecule has 7 heteroatoms. The van der Waals surface area contributed by atoms with Crippen LogP contribution in [0.5, 0.6) is 5.75 Å². The van der Waals surface area contributed by atoms with E-state index in [9.17, 15) is 9.59 Å². The van der Waals surface area contributed by atoms with Gasteiger partial charge in [-0.1, -0.05) is 17.7 Å². The molecule has 0 bridgehead atoms. The molecule has 122 valence electrons. The summed E-state index contributed by atoms with van der Waals surface area (Å²) in [4.78, 5) is 24.1. The minimum atomic E-state index is -0.953. The summed E-state index contributed by atoms with van der Waals surface area (Å²) in [6.07, 6.45) is 0. The Labute approximate surface area is 135 Å². The van der Waals surface area contributed by atoms with Gasteiger partial charge in [-0.2, -0.15) is 0 Å². The van der Waals surface area contributed by atoms with Crippen molar-refractivity contribution in [3.05, 3.63) is 29.3 Å². The van der Waals surface area contributed by atoms with Crippen LogP contribution >= 0.6 is 11.6 Å². The number of nitrogens with zero attached hydrogens (tertiary/aromatic N) is 1. The molecule has 1 aromatic carbocycles. The number of ether oxygens (including phenoxy) is 1. The van der Waals surface area contributed by atoms with E-state index in [0.29, 0.717) is 23.9 Å². The van der Waals surface area contributed by atoms with Crippen molar-refractivity contribution in [1.29, 1.82) is 0 Å². The number of benzene rings is 1. The number of carboxylic acids is 1. The molecule has 0 aliphatic heterocycles. The normalized spacial score (nSPS) is 10.8. The lowest BCUT2D eigenvalue weighted by atomic mass is 10.3. The Bertz CT molecular complexity index is 508. The van der Waals surface area contributed by atoms with Gasteiger partial charge in [0.05, 0.1) is 19.6 Å². The molecule has 0 aliphatic carbocycles. The number of hydrogen-bond acceptors (Lipinski definition) is 4. The van der Waals surface area contributed by atoms with Crippen LogP contribution in [0.2, 0.25) is 5.02 Å². The van der Waals surface area contributed by atoms with Crippen LogP contribution in [-0.4, -0.2) is 54.2 Å². The summed E-state index contributed by atoms with van der Waals surface area (Å²) in [5, 5.41) is 12.1. The van der Waals surface area contributed by atoms with Crippen molar-refractivity contribution < 1.29 is 19.4 Å². The Morgan fingerprint density at radius 3 is 2.68 bits per heavy atom. The standard InChI is InChI=1S/C15H21ClN2O4/c1-11(2)18(10-15(20)21)9-14(19)17-6-7-22-13-5-3-4-12(16)8-13/h3-5,8,11H,6-7,9-10H2,1-2H3,(H,17,19)(H,20,21). The molecule has 0 fully saturated rings. The van der Waals surface area contributed by atoms with E-state index in [1.807, 2.05) is 13.8 Å². The van der Waals surface area contributed by atoms with Crippen molar-refractivity contribution in [3.8, 4) is 5.75 Å². The van der Waals surface area contributed by atoms with Gasteiger partial charge in [0.25, 0.3) is 0 Å². The second kappa shape index (κ2) is 9.27. The number of amides is 1. The quantitative estimate of drug-likeness (QED) is 0.674. The SMILES string of the molecule is CC(C)N(CC(=O)O)CC(=O)NCCOc1cccc(Cl)c1. The average molecular weight is 329 g/mol. The van der Waals surface area contributed by atoms with E-state index in [2.05, 4.69) is 5.32 Å². The van der Waals surface area contributed by atoms with Crippen molar-refractivity contribution in [2.24, 2.45) is 0 Å². The highest BCUT2D eigenvalue weighted by molar-refractivity contribution is 6.30. The summed E-state index contributed by atoms with van der Waals surface area (Å²) in [7, 11) is 0. The third-order valence-electron chi connectivity index (χ3n) is 2.90. The largest absolute Gasteiger partial charge is 0.492 e. The summed E-state index contributed by atoms with van der Waals surface area (Å²) >= 11 is 5.83. The summed E-state index contributed by atoms with van der Waals surface area (Å²) in [5.74, 6) is -0.549. The lowest BCUT2D eigenvalue weighted by molar-refractivity contribution is -0.139. The molecule has 2 N–H and O–H groups in total. The van der Waals surface area contributed by atoms with Crippen LogP contribution in [0.3, 0.4) is 0 Å². The maximum Gasteiger partial charge on any atom is 0.317 e. The first-order chi connectivity index (χ1) is 10.4. The second-order valence-corrected chi connectivity index (χ2v) is 5.48. The fraction of sp³-hybridized carbons (Fsp3) is 0.467. The number of halogens is 1. The molecule has 0 aromatic heterocycles. The summed E-state index contributed by atoms with van der Waals surface area (Å²) in [6, 6.07) is 6.98. The minimum absolute atomic E-state index is 0.0236. The second-order valence-electron chi connectivity index (χ2n) is 5.05. The first-order valence-electron chi connectivity index (χ1n) is 6.99. The predicted octanol–water partition coefficient (Wildman–Crippen LogP) is 1.63. The number of carboxylic acid groups (broad SMARTS) is 1. The number of nitrogens with one attached hydrogen (secondary N) is 1. The van der Waals surface area contributed by atoms with E-state index >= 15 is 0 Å². The van der Waals surface area contributed by atoms with Crippen LogP contribution in [0.15, 0.2) is 24.3 Å². The Morgan fingerprint density at radius 2 is 2.09 bits per heavy atom. The van der Waals surface area contributed by atoms with E-state index in [-0.39, 0.29) is 25.0 Å². The van der Waals surface area contributed by atoms with Gasteiger partial charge in [-0.25, -0.2) is 0 Å². The molecule has 0 atom stereocenters. The van der Waals surface area contributed by atoms with Crippen molar-refractivity contribution in [2.45, 2.75) is 19.9 Å². The van der Waals surface area contributed by atoms with Gasteiger partial charge in [-0.05, 0) is 32.0 Å². The van der Waals surface area contributed by atoms with E-state index in [0.717, 1.165) is 0 Å². The lowest BCUT2D eigenvalue weighted by Gasteiger charge is -2.23. The van der Waals surface area contributed by atoms with Gasteiger partial charge >= 0.3 is 5.97 Å². The van der Waals surface area contributed by atoms with Crippen LogP contribution in [-0.2, 0) is 9.59 Å². The molecule has 0 saturated heterocycles. The lowest BCUT2D eigenvalue weighted by Crippen LogP contribution is -2.44. The van der Waals surface area contributed by atoms with Crippen molar-refractivity contribution >= 4 is 23.5 Å². The van der Waals surface area contributed by atoms with Gasteiger partial charge in [-0.3, -0.25) is 14.5 Å². The van der Waals surface area contributed by atoms with Crippen molar-refractivity contribution in [2.75, 3.05) is 26.2 Å².